The van der Waals surface area contributed by atoms with Crippen molar-refractivity contribution in [3.8, 4) is 0 Å². The van der Waals surface area contributed by atoms with Crippen molar-refractivity contribution in [1.82, 2.24) is 0 Å². The van der Waals surface area contributed by atoms with E-state index in [2.05, 4.69) is 40.4 Å². The molecule has 0 heterocycles. The van der Waals surface area contributed by atoms with Crippen LogP contribution in [0.25, 0.3) is 0 Å². The van der Waals surface area contributed by atoms with Crippen molar-refractivity contribution in [2.75, 3.05) is 0 Å². The van der Waals surface area contributed by atoms with Gasteiger partial charge in [-0.15, -0.1) is 0 Å². The van der Waals surface area contributed by atoms with Crippen molar-refractivity contribution in [3.63, 3.8) is 0 Å². The maximum atomic E-state index is 4.61. The molecule has 5 heavy (non-hydrogen) atoms. The van der Waals surface area contributed by atoms with Gasteiger partial charge in [-0.3, -0.25) is 0 Å². The second-order valence-corrected chi connectivity index (χ2v) is 0.236. The van der Waals surface area contributed by atoms with Crippen LogP contribution < -0.4 is 0 Å². The number of rotatable bonds is 0. The molecule has 2 heteroatoms. The van der Waals surface area contributed by atoms with Crippen LogP contribution in [0.2, 0.25) is 0 Å². The van der Waals surface area contributed by atoms with Gasteiger partial charge >= 0.3 is 26.9 Å². The Labute approximate surface area is 46.8 Å². The molecule has 0 aromatic heterocycles. The maximum absolute atomic E-state index is 4.61. The van der Waals surface area contributed by atoms with Gasteiger partial charge < -0.3 is 19.6 Å². The fourth-order valence-electron chi connectivity index (χ4n) is 0. The van der Waals surface area contributed by atoms with Crippen LogP contribution in [-0.4, -0.2) is 0 Å². The van der Waals surface area contributed by atoms with E-state index in [9.17, 15) is 0 Å². The molecule has 0 rings (SSSR count). The monoisotopic (exact) mass is 158 g/mol. The number of hydrogen-bond donors (Lipinski definition) is 0. The van der Waals surface area contributed by atoms with Gasteiger partial charge in [0.25, 0.3) is 0 Å². The Morgan fingerprint density at radius 2 is 1.60 bits per heavy atom. The van der Waals surface area contributed by atoms with Crippen LogP contribution >= 0.6 is 0 Å². The molecule has 0 atom stereocenters. The minimum absolute atomic E-state index is 1.25. The summed E-state index contributed by atoms with van der Waals surface area (Å²) in [5.41, 5.74) is 0. The third kappa shape index (κ3) is 82.0. The summed E-state index contributed by atoms with van der Waals surface area (Å²) >= 11 is 6.50. The molecule has 0 aliphatic rings. The van der Waals surface area contributed by atoms with Crippen LogP contribution in [-0.2, 0) is 26.9 Å². The van der Waals surface area contributed by atoms with E-state index in [1.807, 2.05) is 0 Å². The molecule has 36 valence electrons. The molecular weight excluding hydrogens is 154 g/mol. The van der Waals surface area contributed by atoms with Gasteiger partial charge in [0.05, 0.1) is 0 Å². The molecule has 0 spiro atoms. The first-order valence-electron chi connectivity index (χ1n) is 0.853. The molecule has 0 amide bonds. The Bertz CT molecular complexity index is 18.9. The normalized spacial score (nSPS) is 3.60. The van der Waals surface area contributed by atoms with Crippen LogP contribution in [0.4, 0.5) is 0 Å². The van der Waals surface area contributed by atoms with Gasteiger partial charge in [-0.25, -0.2) is 0 Å². The van der Waals surface area contributed by atoms with Gasteiger partial charge in [-0.05, 0) is 0 Å². The van der Waals surface area contributed by atoms with E-state index in [-0.39, 0.29) is 0 Å². The summed E-state index contributed by atoms with van der Waals surface area (Å²) in [4.78, 5) is 0. The summed E-state index contributed by atoms with van der Waals surface area (Å²) in [6, 6.07) is 0. The topological polar surface area (TPSA) is 0 Å². The molecule has 0 fully saturated rings. The van der Waals surface area contributed by atoms with Crippen LogP contribution in [0.5, 0.6) is 0 Å². The molecule has 0 aliphatic carbocycles. The zero-order valence-electron chi connectivity index (χ0n) is 2.53. The zero-order chi connectivity index (χ0) is 4.71. The first-order valence-corrected chi connectivity index (χ1v) is 2.63. The Morgan fingerprint density at radius 1 is 1.60 bits per heavy atom. The molecule has 0 saturated heterocycles. The second-order valence-electron chi connectivity index (χ2n) is 0.236. The molecule has 0 nitrogen and oxygen atoms in total. The van der Waals surface area contributed by atoms with E-state index >= 15 is 0 Å². The number of allylic oxidation sites excluding steroid dienone is 1. The Kier molecular flexibility index (Phi) is 42.2. The summed E-state index contributed by atoms with van der Waals surface area (Å²) in [6.07, 6.45) is 1.25. The van der Waals surface area contributed by atoms with E-state index in [0.717, 1.165) is 0 Å². The Morgan fingerprint density at radius 3 is 1.60 bits per heavy atom. The van der Waals surface area contributed by atoms with E-state index in [4.69, 9.17) is 0 Å². The Hall–Kier alpha value is 0.623. The average molecular weight is 158 g/mol. The van der Waals surface area contributed by atoms with E-state index in [1.54, 1.807) is 0 Å². The van der Waals surface area contributed by atoms with Crippen LogP contribution in [0.3, 0.4) is 0 Å². The third-order valence-corrected chi connectivity index (χ3v) is 0. The molecular formula is C3H4Co2-2. The average Bonchev–Trinajstić information content (AvgIpc) is 1.46. The van der Waals surface area contributed by atoms with Gasteiger partial charge in [-0.1, -0.05) is 0 Å². The van der Waals surface area contributed by atoms with Crippen molar-refractivity contribution in [2.24, 2.45) is 0 Å². The van der Waals surface area contributed by atoms with Gasteiger partial charge in [0.2, 0.25) is 0 Å². The first kappa shape index (κ1) is 9.16. The van der Waals surface area contributed by atoms with E-state index in [1.165, 1.54) is 6.08 Å². The molecule has 0 unspecified atom stereocenters. The summed E-state index contributed by atoms with van der Waals surface area (Å²) in [6.45, 7) is 7.75. The van der Waals surface area contributed by atoms with Crippen molar-refractivity contribution < 1.29 is 26.9 Å². The van der Waals surface area contributed by atoms with Crippen molar-refractivity contribution in [1.29, 1.82) is 0 Å². The van der Waals surface area contributed by atoms with Gasteiger partial charge in [0.1, 0.15) is 0 Å². The Balaban J connectivity index is 0. The van der Waals surface area contributed by atoms with Crippen molar-refractivity contribution in [2.45, 2.75) is 0 Å². The standard InChI is InChI=1S/C3H4.2Co/c1-3-2;;/h1,3H,2H2;;/q-2;;. The summed E-state index contributed by atoms with van der Waals surface area (Å²) in [5, 5.41) is 0. The zero-order valence-corrected chi connectivity index (χ0v) is 4.61. The van der Waals surface area contributed by atoms with E-state index < -0.39 is 0 Å². The van der Waals surface area contributed by atoms with Crippen molar-refractivity contribution >= 4 is 0 Å². The summed E-state index contributed by atoms with van der Waals surface area (Å²) in [7, 11) is 0. The number of hydrogen-bond acceptors (Lipinski definition) is 0. The van der Waals surface area contributed by atoms with Gasteiger partial charge in [0.15, 0.2) is 0 Å². The van der Waals surface area contributed by atoms with Crippen molar-refractivity contribution in [3.05, 3.63) is 19.6 Å². The fourth-order valence-corrected chi connectivity index (χ4v) is 0. The second kappa shape index (κ2) is 23.0. The quantitative estimate of drug-likeness (QED) is 0.457. The molecule has 0 aliphatic heterocycles. The molecule has 0 saturated carbocycles. The van der Waals surface area contributed by atoms with E-state index in [0.29, 0.717) is 0 Å². The molecule has 0 radical (unpaired) electrons. The summed E-state index contributed by atoms with van der Waals surface area (Å²) in [5.74, 6) is 0. The molecule has 0 bridgehead atoms. The SMILES string of the molecule is [CH-]=C[CH2-].[Co]=[Co]. The summed E-state index contributed by atoms with van der Waals surface area (Å²) < 4.78 is 0. The first-order chi connectivity index (χ1) is 2.41. The van der Waals surface area contributed by atoms with Gasteiger partial charge in [0, 0.05) is 0 Å². The van der Waals surface area contributed by atoms with Crippen LogP contribution in [0.15, 0.2) is 6.08 Å². The van der Waals surface area contributed by atoms with Crippen LogP contribution in [0, 0.1) is 13.5 Å². The van der Waals surface area contributed by atoms with Crippen LogP contribution in [0.1, 0.15) is 0 Å². The predicted octanol–water partition coefficient (Wildman–Crippen LogP) is 0.805. The van der Waals surface area contributed by atoms with Gasteiger partial charge in [-0.2, -0.15) is 0 Å². The fraction of sp³-hybridized carbons (Fsp3) is 0. The molecule has 0 aromatic carbocycles. The predicted molar refractivity (Wildman–Crippen MR) is 14.2 cm³/mol. The molecule has 0 N–H and O–H groups in total. The minimum atomic E-state index is 1.25. The third-order valence-electron chi connectivity index (χ3n) is 0. The molecule has 0 aromatic rings.